The van der Waals surface area contributed by atoms with Crippen molar-refractivity contribution < 1.29 is 19.1 Å². The molecule has 0 fully saturated rings. The van der Waals surface area contributed by atoms with Crippen molar-refractivity contribution in [1.82, 2.24) is 0 Å². The number of hydrogen-bond acceptors (Lipinski definition) is 4. The van der Waals surface area contributed by atoms with Crippen molar-refractivity contribution in [2.45, 2.75) is 26.7 Å². The third-order valence-electron chi connectivity index (χ3n) is 2.08. The lowest BCUT2D eigenvalue weighted by atomic mass is 10.1. The molecule has 0 aliphatic rings. The van der Waals surface area contributed by atoms with Crippen molar-refractivity contribution in [3.63, 3.8) is 0 Å². The molecule has 0 N–H and O–H groups in total. The van der Waals surface area contributed by atoms with Crippen LogP contribution in [0, 0.1) is 0 Å². The van der Waals surface area contributed by atoms with Crippen LogP contribution in [0.15, 0.2) is 23.3 Å². The maximum Gasteiger partial charge on any atom is 0.333 e. The van der Waals surface area contributed by atoms with Crippen LogP contribution < -0.4 is 0 Å². The number of ether oxygens (including phenoxy) is 2. The summed E-state index contributed by atoms with van der Waals surface area (Å²) in [6, 6.07) is 0. The molecule has 0 unspecified atom stereocenters. The first-order valence-corrected chi connectivity index (χ1v) is 5.03. The maximum atomic E-state index is 11.0. The van der Waals surface area contributed by atoms with E-state index in [1.807, 2.05) is 0 Å². The molecule has 0 aromatic carbocycles. The summed E-state index contributed by atoms with van der Waals surface area (Å²) in [6.07, 6.45) is 4.95. The fourth-order valence-electron chi connectivity index (χ4n) is 1.09. The monoisotopic (exact) mass is 226 g/mol. The molecule has 0 atom stereocenters. The van der Waals surface area contributed by atoms with Gasteiger partial charge in [0.2, 0.25) is 0 Å². The van der Waals surface area contributed by atoms with E-state index in [2.05, 4.69) is 9.47 Å². The Labute approximate surface area is 95.9 Å². The molecular weight excluding hydrogens is 208 g/mol. The minimum atomic E-state index is -0.325. The second-order valence-corrected chi connectivity index (χ2v) is 3.33. The van der Waals surface area contributed by atoms with Crippen molar-refractivity contribution in [2.24, 2.45) is 0 Å². The molecule has 0 aliphatic carbocycles. The van der Waals surface area contributed by atoms with Crippen LogP contribution in [0.1, 0.15) is 26.7 Å². The van der Waals surface area contributed by atoms with Crippen molar-refractivity contribution in [1.29, 1.82) is 0 Å². The van der Waals surface area contributed by atoms with Crippen LogP contribution >= 0.6 is 0 Å². The van der Waals surface area contributed by atoms with Gasteiger partial charge in [0.25, 0.3) is 0 Å². The summed E-state index contributed by atoms with van der Waals surface area (Å²) in [4.78, 5) is 22.0. The number of rotatable bonds is 5. The summed E-state index contributed by atoms with van der Waals surface area (Å²) in [6.45, 7) is 3.39. The van der Waals surface area contributed by atoms with E-state index in [9.17, 15) is 9.59 Å². The molecule has 0 spiro atoms. The fourth-order valence-corrected chi connectivity index (χ4v) is 1.09. The van der Waals surface area contributed by atoms with E-state index >= 15 is 0 Å². The van der Waals surface area contributed by atoms with Gasteiger partial charge >= 0.3 is 11.9 Å². The highest BCUT2D eigenvalue weighted by atomic mass is 16.5. The third kappa shape index (κ3) is 5.34. The van der Waals surface area contributed by atoms with Crippen molar-refractivity contribution in [3.8, 4) is 0 Å². The number of allylic oxidation sites excluding steroid dienone is 2. The van der Waals surface area contributed by atoms with Crippen LogP contribution in [0.25, 0.3) is 0 Å². The summed E-state index contributed by atoms with van der Waals surface area (Å²) >= 11 is 0. The highest BCUT2D eigenvalue weighted by molar-refractivity contribution is 5.88. The Hall–Kier alpha value is -1.58. The fraction of sp³-hybridized carbons (Fsp3) is 0.500. The van der Waals surface area contributed by atoms with E-state index in [1.54, 1.807) is 26.0 Å². The molecule has 0 aromatic heterocycles. The van der Waals surface area contributed by atoms with E-state index in [1.165, 1.54) is 14.2 Å². The molecule has 0 aromatic rings. The summed E-state index contributed by atoms with van der Waals surface area (Å²) < 4.78 is 9.10. The number of hydrogen-bond donors (Lipinski definition) is 0. The Morgan fingerprint density at radius 1 is 0.875 bits per heavy atom. The van der Waals surface area contributed by atoms with E-state index in [0.29, 0.717) is 24.0 Å². The van der Waals surface area contributed by atoms with Gasteiger partial charge in [-0.05, 0) is 26.7 Å². The molecule has 0 amide bonds. The number of esters is 2. The standard InChI is InChI=1S/C12H18O4/c1-9(11(13)15-3)7-5-6-8-10(2)12(14)16-4/h7-8H,5-6H2,1-4H3. The van der Waals surface area contributed by atoms with Crippen LogP contribution in [0.2, 0.25) is 0 Å². The molecule has 4 nitrogen and oxygen atoms in total. The Bertz CT molecular complexity index is 281. The summed E-state index contributed by atoms with van der Waals surface area (Å²) in [5, 5.41) is 0. The first-order chi connectivity index (χ1) is 7.52. The molecule has 0 bridgehead atoms. The largest absolute Gasteiger partial charge is 0.466 e. The predicted octanol–water partition coefficient (Wildman–Crippen LogP) is 2.01. The van der Waals surface area contributed by atoms with Gasteiger partial charge in [0.1, 0.15) is 0 Å². The number of methoxy groups -OCH3 is 2. The van der Waals surface area contributed by atoms with Gasteiger partial charge in [-0.3, -0.25) is 0 Å². The zero-order valence-corrected chi connectivity index (χ0v) is 10.2. The van der Waals surface area contributed by atoms with Gasteiger partial charge in [-0.15, -0.1) is 0 Å². The normalized spacial score (nSPS) is 12.2. The SMILES string of the molecule is COC(=O)C(C)=CCCC=C(C)C(=O)OC. The minimum absolute atomic E-state index is 0.325. The maximum absolute atomic E-state index is 11.0. The molecule has 0 rings (SSSR count). The van der Waals surface area contributed by atoms with E-state index < -0.39 is 0 Å². The first-order valence-electron chi connectivity index (χ1n) is 5.03. The minimum Gasteiger partial charge on any atom is -0.466 e. The van der Waals surface area contributed by atoms with E-state index in [0.717, 1.165) is 0 Å². The van der Waals surface area contributed by atoms with Crippen LogP contribution in [0.3, 0.4) is 0 Å². The lowest BCUT2D eigenvalue weighted by molar-refractivity contribution is -0.136. The Kier molecular flexibility index (Phi) is 6.92. The van der Waals surface area contributed by atoms with Gasteiger partial charge in [0.15, 0.2) is 0 Å². The highest BCUT2D eigenvalue weighted by Crippen LogP contribution is 2.04. The second kappa shape index (κ2) is 7.68. The number of unbranched alkanes of at least 4 members (excludes halogenated alkanes) is 1. The molecule has 0 aliphatic heterocycles. The zero-order chi connectivity index (χ0) is 12.6. The van der Waals surface area contributed by atoms with Crippen LogP contribution in [-0.2, 0) is 19.1 Å². The van der Waals surface area contributed by atoms with Crippen molar-refractivity contribution in [2.75, 3.05) is 14.2 Å². The van der Waals surface area contributed by atoms with Gasteiger partial charge in [-0.25, -0.2) is 9.59 Å². The summed E-state index contributed by atoms with van der Waals surface area (Å²) in [5.74, 6) is -0.651. The van der Waals surface area contributed by atoms with E-state index in [4.69, 9.17) is 0 Å². The topological polar surface area (TPSA) is 52.6 Å². The highest BCUT2D eigenvalue weighted by Gasteiger charge is 2.02. The lowest BCUT2D eigenvalue weighted by Crippen LogP contribution is -2.02. The quantitative estimate of drug-likeness (QED) is 0.409. The smallest absolute Gasteiger partial charge is 0.333 e. The van der Waals surface area contributed by atoms with Gasteiger partial charge in [0, 0.05) is 11.1 Å². The molecule has 0 saturated carbocycles. The van der Waals surface area contributed by atoms with Crippen LogP contribution in [-0.4, -0.2) is 26.2 Å². The zero-order valence-electron chi connectivity index (χ0n) is 10.2. The van der Waals surface area contributed by atoms with Crippen LogP contribution in [0.5, 0.6) is 0 Å². The van der Waals surface area contributed by atoms with Gasteiger partial charge < -0.3 is 9.47 Å². The average Bonchev–Trinajstić information content (AvgIpc) is 2.31. The molecule has 4 heteroatoms. The van der Waals surface area contributed by atoms with Gasteiger partial charge in [-0.1, -0.05) is 12.2 Å². The van der Waals surface area contributed by atoms with Crippen molar-refractivity contribution >= 4 is 11.9 Å². The molecule has 90 valence electrons. The molecule has 0 radical (unpaired) electrons. The van der Waals surface area contributed by atoms with Crippen molar-refractivity contribution in [3.05, 3.63) is 23.3 Å². The first kappa shape index (κ1) is 14.4. The molecular formula is C12H18O4. The molecule has 0 saturated heterocycles. The number of carbonyl (C=O) groups is 2. The Balaban J connectivity index is 4.09. The van der Waals surface area contributed by atoms with Gasteiger partial charge in [0.05, 0.1) is 14.2 Å². The summed E-state index contributed by atoms with van der Waals surface area (Å²) in [5.41, 5.74) is 1.15. The Morgan fingerprint density at radius 3 is 1.44 bits per heavy atom. The average molecular weight is 226 g/mol. The molecule has 0 heterocycles. The summed E-state index contributed by atoms with van der Waals surface area (Å²) in [7, 11) is 2.70. The second-order valence-electron chi connectivity index (χ2n) is 3.33. The lowest BCUT2D eigenvalue weighted by Gasteiger charge is -1.99. The Morgan fingerprint density at radius 2 is 1.19 bits per heavy atom. The number of carbonyl (C=O) groups excluding carboxylic acids is 2. The molecule has 16 heavy (non-hydrogen) atoms. The van der Waals surface area contributed by atoms with Gasteiger partial charge in [-0.2, -0.15) is 0 Å². The third-order valence-corrected chi connectivity index (χ3v) is 2.08. The van der Waals surface area contributed by atoms with Crippen LogP contribution in [0.4, 0.5) is 0 Å². The van der Waals surface area contributed by atoms with E-state index in [-0.39, 0.29) is 11.9 Å². The predicted molar refractivity (Wildman–Crippen MR) is 60.8 cm³/mol.